The molecular weight excluding hydrogens is 515 g/mol. The quantitative estimate of drug-likeness (QED) is 0.182. The number of thioether (sulfide) groups is 1. The van der Waals surface area contributed by atoms with Crippen molar-refractivity contribution >= 4 is 40.8 Å². The molecule has 0 fully saturated rings. The van der Waals surface area contributed by atoms with E-state index in [1.807, 2.05) is 0 Å². The van der Waals surface area contributed by atoms with Crippen molar-refractivity contribution in [2.75, 3.05) is 16.0 Å². The van der Waals surface area contributed by atoms with Crippen molar-refractivity contribution in [2.45, 2.75) is 23.2 Å². The zero-order valence-corrected chi connectivity index (χ0v) is 19.0. The van der Waals surface area contributed by atoms with Crippen LogP contribution in [0.25, 0.3) is 0 Å². The minimum Gasteiger partial charge on any atom is -0.320 e. The van der Waals surface area contributed by atoms with E-state index in [1.165, 1.54) is 31.2 Å². The van der Waals surface area contributed by atoms with Crippen LogP contribution in [0, 0.1) is 23.3 Å². The Morgan fingerprint density at radius 1 is 0.750 bits per heavy atom. The normalized spacial score (nSPS) is 12.1. The largest absolute Gasteiger partial charge is 0.422 e. The van der Waals surface area contributed by atoms with Crippen molar-refractivity contribution in [1.82, 2.24) is 0 Å². The summed E-state index contributed by atoms with van der Waals surface area (Å²) in [7, 11) is 0. The number of benzene rings is 3. The Kier molecular flexibility index (Phi) is 8.13. The highest BCUT2D eigenvalue weighted by molar-refractivity contribution is 8.00. The number of rotatable bonds is 6. The van der Waals surface area contributed by atoms with Crippen LogP contribution in [0.5, 0.6) is 0 Å². The molecule has 36 heavy (non-hydrogen) atoms. The summed E-state index contributed by atoms with van der Waals surface area (Å²) in [6.07, 6.45) is -5.69. The minimum atomic E-state index is -5.69. The third-order valence-electron chi connectivity index (χ3n) is 4.62. The van der Waals surface area contributed by atoms with Crippen LogP contribution in [-0.4, -0.2) is 17.2 Å². The second kappa shape index (κ2) is 10.9. The third-order valence-corrected chi connectivity index (χ3v) is 5.73. The number of carbonyl (C=O) groups is 2. The first-order chi connectivity index (χ1) is 16.9. The van der Waals surface area contributed by atoms with Crippen LogP contribution >= 0.6 is 11.8 Å². The van der Waals surface area contributed by atoms with Crippen LogP contribution in [0.15, 0.2) is 59.5 Å². The molecule has 1 atom stereocenters. The van der Waals surface area contributed by atoms with Gasteiger partial charge in [-0.15, -0.1) is 11.8 Å². The van der Waals surface area contributed by atoms with Crippen LogP contribution in [0.1, 0.15) is 12.5 Å². The smallest absolute Gasteiger partial charge is 0.320 e. The van der Waals surface area contributed by atoms with Crippen molar-refractivity contribution < 1.29 is 40.3 Å². The van der Waals surface area contributed by atoms with Crippen LogP contribution < -0.4 is 16.0 Å². The van der Waals surface area contributed by atoms with Crippen LogP contribution in [0.3, 0.4) is 0 Å². The van der Waals surface area contributed by atoms with Gasteiger partial charge in [-0.1, -0.05) is 18.2 Å². The maximum Gasteiger partial charge on any atom is 0.422 e. The number of halogens is 7. The predicted molar refractivity (Wildman–Crippen MR) is 121 cm³/mol. The lowest BCUT2D eigenvalue weighted by Gasteiger charge is -2.16. The highest BCUT2D eigenvalue weighted by Gasteiger charge is 2.42. The molecule has 0 heterocycles. The Bertz CT molecular complexity index is 1240. The van der Waals surface area contributed by atoms with Gasteiger partial charge in [0.1, 0.15) is 11.3 Å². The molecule has 3 aromatic carbocycles. The lowest BCUT2D eigenvalue weighted by molar-refractivity contribution is -0.143. The highest BCUT2D eigenvalue weighted by atomic mass is 32.2. The molecule has 5 nitrogen and oxygen atoms in total. The molecule has 0 aliphatic rings. The molecule has 0 saturated heterocycles. The molecule has 0 bridgehead atoms. The number of nitrogens with one attached hydrogen (secondary N) is 3. The van der Waals surface area contributed by atoms with Gasteiger partial charge in [0.15, 0.2) is 23.3 Å². The SMILES string of the molecule is CC(Sc1ccc(NC(=O)Nc2ccccc2)cc1)C(=O)Nc1c(F)c(F)c(C(F)(F)F)c(F)c1F. The van der Waals surface area contributed by atoms with Gasteiger partial charge in [-0.2, -0.15) is 13.2 Å². The standard InChI is InChI=1S/C23H16F7N3O2S/c1-11(21(34)33-20-18(26)16(24)15(23(28,29)30)17(25)19(20)27)36-14-9-7-13(8-10-14)32-22(35)31-12-5-3-2-4-6-12/h2-11H,1H3,(H,33,34)(H2,31,32,35). The molecule has 0 aliphatic carbocycles. The molecule has 190 valence electrons. The van der Waals surface area contributed by atoms with E-state index in [-0.39, 0.29) is 0 Å². The summed E-state index contributed by atoms with van der Waals surface area (Å²) in [5.74, 6) is -11.2. The number of hydrogen-bond acceptors (Lipinski definition) is 3. The maximum atomic E-state index is 14.0. The third kappa shape index (κ3) is 6.27. The molecule has 3 rings (SSSR count). The molecule has 3 amide bonds. The summed E-state index contributed by atoms with van der Waals surface area (Å²) < 4.78 is 93.7. The van der Waals surface area contributed by atoms with E-state index in [2.05, 4.69) is 10.6 Å². The molecule has 0 saturated carbocycles. The van der Waals surface area contributed by atoms with E-state index < -0.39 is 57.9 Å². The Morgan fingerprint density at radius 2 is 1.25 bits per heavy atom. The lowest BCUT2D eigenvalue weighted by atomic mass is 10.1. The number of para-hydroxylation sites is 1. The second-order valence-corrected chi connectivity index (χ2v) is 8.64. The fourth-order valence-electron chi connectivity index (χ4n) is 2.90. The van der Waals surface area contributed by atoms with Crippen LogP contribution in [0.2, 0.25) is 0 Å². The molecule has 3 N–H and O–H groups in total. The molecule has 0 aliphatic heterocycles. The average Bonchev–Trinajstić information content (AvgIpc) is 2.81. The maximum absolute atomic E-state index is 14.0. The Morgan fingerprint density at radius 3 is 1.75 bits per heavy atom. The molecule has 13 heteroatoms. The van der Waals surface area contributed by atoms with Gasteiger partial charge >= 0.3 is 12.2 Å². The van der Waals surface area contributed by atoms with E-state index in [1.54, 1.807) is 35.6 Å². The predicted octanol–water partition coefficient (Wildman–Crippen LogP) is 7.03. The second-order valence-electron chi connectivity index (χ2n) is 7.22. The Hall–Kier alpha value is -3.74. The number of hydrogen-bond donors (Lipinski definition) is 3. The van der Waals surface area contributed by atoms with Gasteiger partial charge in [0.25, 0.3) is 0 Å². The Labute approximate surface area is 204 Å². The first-order valence-electron chi connectivity index (χ1n) is 10.0. The fraction of sp³-hybridized carbons (Fsp3) is 0.130. The summed E-state index contributed by atoms with van der Waals surface area (Å²) in [4.78, 5) is 24.8. The minimum absolute atomic E-state index is 0.407. The summed E-state index contributed by atoms with van der Waals surface area (Å²) in [6, 6.07) is 14.2. The van der Waals surface area contributed by atoms with Crippen molar-refractivity contribution in [3.63, 3.8) is 0 Å². The number of alkyl halides is 3. The van der Waals surface area contributed by atoms with Crippen LogP contribution in [-0.2, 0) is 11.0 Å². The topological polar surface area (TPSA) is 70.2 Å². The monoisotopic (exact) mass is 531 g/mol. The fourth-order valence-corrected chi connectivity index (χ4v) is 3.77. The van der Waals surface area contributed by atoms with E-state index in [0.717, 1.165) is 11.8 Å². The first kappa shape index (κ1) is 26.9. The molecule has 1 unspecified atom stereocenters. The summed E-state index contributed by atoms with van der Waals surface area (Å²) in [5, 5.41) is 5.72. The van der Waals surface area contributed by atoms with E-state index in [9.17, 15) is 40.3 Å². The zero-order chi connectivity index (χ0) is 26.6. The van der Waals surface area contributed by atoms with E-state index in [4.69, 9.17) is 0 Å². The van der Waals surface area contributed by atoms with Gasteiger partial charge in [0.2, 0.25) is 5.91 Å². The van der Waals surface area contributed by atoms with Gasteiger partial charge in [-0.3, -0.25) is 4.79 Å². The molecular formula is C23H16F7N3O2S. The van der Waals surface area contributed by atoms with Crippen molar-refractivity contribution in [2.24, 2.45) is 0 Å². The lowest BCUT2D eigenvalue weighted by Crippen LogP contribution is -2.25. The zero-order valence-electron chi connectivity index (χ0n) is 18.1. The van der Waals surface area contributed by atoms with E-state index >= 15 is 0 Å². The molecule has 0 aromatic heterocycles. The summed E-state index contributed by atoms with van der Waals surface area (Å²) >= 11 is 0.876. The van der Waals surface area contributed by atoms with Gasteiger partial charge in [0.05, 0.1) is 5.25 Å². The molecule has 0 radical (unpaired) electrons. The van der Waals surface area contributed by atoms with Crippen LogP contribution in [0.4, 0.5) is 52.6 Å². The van der Waals surface area contributed by atoms with Gasteiger partial charge in [0, 0.05) is 16.3 Å². The summed E-state index contributed by atoms with van der Waals surface area (Å²) in [5.41, 5.74) is -3.42. The van der Waals surface area contributed by atoms with E-state index in [0.29, 0.717) is 16.3 Å². The number of anilines is 3. The first-order valence-corrected chi connectivity index (χ1v) is 10.9. The van der Waals surface area contributed by atoms with Gasteiger partial charge in [-0.05, 0) is 43.3 Å². The number of amides is 3. The van der Waals surface area contributed by atoms with Gasteiger partial charge in [-0.25, -0.2) is 22.4 Å². The molecule has 3 aromatic rings. The van der Waals surface area contributed by atoms with Crippen molar-refractivity contribution in [3.8, 4) is 0 Å². The average molecular weight is 531 g/mol. The highest BCUT2D eigenvalue weighted by Crippen LogP contribution is 2.38. The number of carbonyl (C=O) groups excluding carboxylic acids is 2. The van der Waals surface area contributed by atoms with Gasteiger partial charge < -0.3 is 16.0 Å². The number of urea groups is 1. The van der Waals surface area contributed by atoms with Crippen molar-refractivity contribution in [3.05, 3.63) is 83.4 Å². The van der Waals surface area contributed by atoms with Crippen molar-refractivity contribution in [1.29, 1.82) is 0 Å². The summed E-state index contributed by atoms with van der Waals surface area (Å²) in [6.45, 7) is 1.30. The molecule has 0 spiro atoms. The Balaban J connectivity index is 1.64.